The molecule has 0 bridgehead atoms. The number of aryl methyl sites for hydroxylation is 1. The van der Waals surface area contributed by atoms with Gasteiger partial charge in [-0.3, -0.25) is 0 Å². The van der Waals surface area contributed by atoms with Gasteiger partial charge in [0.25, 0.3) is 0 Å². The van der Waals surface area contributed by atoms with Crippen LogP contribution in [0.25, 0.3) is 0 Å². The largest absolute Gasteiger partial charge is 0.457 e. The van der Waals surface area contributed by atoms with Gasteiger partial charge in [0.1, 0.15) is 12.7 Å². The predicted octanol–water partition coefficient (Wildman–Crippen LogP) is 1.90. The van der Waals surface area contributed by atoms with Crippen LogP contribution in [0.4, 0.5) is 0 Å². The third kappa shape index (κ3) is 2.87. The summed E-state index contributed by atoms with van der Waals surface area (Å²) in [5.74, 6) is -0.832. The number of hydrogen-bond donors (Lipinski definition) is 0. The van der Waals surface area contributed by atoms with Crippen molar-refractivity contribution < 1.29 is 23.4 Å². The van der Waals surface area contributed by atoms with Crippen molar-refractivity contribution in [3.8, 4) is 0 Å². The summed E-state index contributed by atoms with van der Waals surface area (Å²) in [5, 5.41) is 0. The summed E-state index contributed by atoms with van der Waals surface area (Å²) >= 11 is 0. The summed E-state index contributed by atoms with van der Waals surface area (Å²) in [7, 11) is 0. The highest BCUT2D eigenvalue weighted by Crippen LogP contribution is 2.22. The lowest BCUT2D eigenvalue weighted by Crippen LogP contribution is -2.25. The minimum absolute atomic E-state index is 0.169. The molecular weight excluding hydrogens is 224 g/mol. The molecule has 0 radical (unpaired) electrons. The first-order valence-corrected chi connectivity index (χ1v) is 5.51. The summed E-state index contributed by atoms with van der Waals surface area (Å²) in [4.78, 5) is 11.6. The maximum absolute atomic E-state index is 11.6. The summed E-state index contributed by atoms with van der Waals surface area (Å²) in [6.07, 6.45) is 1.24. The maximum atomic E-state index is 11.6. The first kappa shape index (κ1) is 12.1. The van der Waals surface area contributed by atoms with Crippen LogP contribution in [0, 0.1) is 6.92 Å². The minimum atomic E-state index is -0.600. The van der Waals surface area contributed by atoms with Crippen LogP contribution >= 0.6 is 0 Å². The van der Waals surface area contributed by atoms with Gasteiger partial charge in [0, 0.05) is 5.56 Å². The van der Waals surface area contributed by atoms with Crippen LogP contribution in [-0.4, -0.2) is 31.1 Å². The molecule has 0 aliphatic carbocycles. The van der Waals surface area contributed by atoms with Crippen molar-refractivity contribution in [2.75, 3.05) is 13.2 Å². The van der Waals surface area contributed by atoms with E-state index in [0.717, 1.165) is 5.56 Å². The van der Waals surface area contributed by atoms with E-state index in [4.69, 9.17) is 18.6 Å². The number of ether oxygens (including phenoxy) is 3. The number of esters is 1. The maximum Gasteiger partial charge on any atom is 0.374 e. The Hall–Kier alpha value is -1.33. The van der Waals surface area contributed by atoms with Crippen LogP contribution in [0.2, 0.25) is 0 Å². The molecule has 0 N–H and O–H groups in total. The fourth-order valence-corrected chi connectivity index (χ4v) is 1.66. The van der Waals surface area contributed by atoms with Crippen LogP contribution in [0.15, 0.2) is 16.7 Å². The van der Waals surface area contributed by atoms with Gasteiger partial charge in [-0.05, 0) is 26.8 Å². The predicted molar refractivity (Wildman–Crippen MR) is 58.6 cm³/mol. The molecule has 1 atom stereocenters. The molecule has 0 aromatic carbocycles. The molecule has 1 aliphatic rings. The Balaban J connectivity index is 1.84. The molecule has 94 valence electrons. The second kappa shape index (κ2) is 4.50. The van der Waals surface area contributed by atoms with E-state index in [2.05, 4.69) is 0 Å². The summed E-state index contributed by atoms with van der Waals surface area (Å²) in [6.45, 7) is 6.04. The number of carbonyl (C=O) groups excluding carboxylic acids is 1. The Morgan fingerprint density at radius 2 is 2.35 bits per heavy atom. The highest BCUT2D eigenvalue weighted by molar-refractivity contribution is 5.87. The van der Waals surface area contributed by atoms with E-state index in [9.17, 15) is 4.79 Å². The normalized spacial score (nSPS) is 22.6. The Bertz CT molecular complexity index is 407. The van der Waals surface area contributed by atoms with Gasteiger partial charge in [-0.2, -0.15) is 0 Å². The Morgan fingerprint density at radius 3 is 2.88 bits per heavy atom. The molecule has 2 rings (SSSR count). The molecule has 1 saturated heterocycles. The third-order valence-corrected chi connectivity index (χ3v) is 2.52. The molecule has 1 fully saturated rings. The quantitative estimate of drug-likeness (QED) is 0.755. The second-order valence-corrected chi connectivity index (χ2v) is 4.48. The van der Waals surface area contributed by atoms with E-state index in [1.165, 1.54) is 6.26 Å². The van der Waals surface area contributed by atoms with Crippen molar-refractivity contribution in [1.29, 1.82) is 0 Å². The van der Waals surface area contributed by atoms with E-state index in [-0.39, 0.29) is 18.5 Å². The van der Waals surface area contributed by atoms with Crippen LogP contribution in [-0.2, 0) is 14.2 Å². The lowest BCUT2D eigenvalue weighted by molar-refractivity contribution is -0.142. The van der Waals surface area contributed by atoms with E-state index in [0.29, 0.717) is 6.61 Å². The van der Waals surface area contributed by atoms with Gasteiger partial charge in [0.15, 0.2) is 5.79 Å². The Morgan fingerprint density at radius 1 is 1.59 bits per heavy atom. The zero-order valence-electron chi connectivity index (χ0n) is 10.2. The SMILES string of the molecule is Cc1ccoc1C(=O)OC[C@@H]1COC(C)(C)O1. The fourth-order valence-electron chi connectivity index (χ4n) is 1.66. The average Bonchev–Trinajstić information content (AvgIpc) is 2.81. The molecule has 2 heterocycles. The number of rotatable bonds is 3. The van der Waals surface area contributed by atoms with Crippen molar-refractivity contribution in [1.82, 2.24) is 0 Å². The van der Waals surface area contributed by atoms with Crippen LogP contribution in [0.5, 0.6) is 0 Å². The summed E-state index contributed by atoms with van der Waals surface area (Å²) in [5.41, 5.74) is 0.763. The topological polar surface area (TPSA) is 57.9 Å². The van der Waals surface area contributed by atoms with Crippen LogP contribution in [0.3, 0.4) is 0 Å². The van der Waals surface area contributed by atoms with E-state index >= 15 is 0 Å². The molecule has 0 unspecified atom stereocenters. The number of carbonyl (C=O) groups is 1. The van der Waals surface area contributed by atoms with Crippen molar-refractivity contribution >= 4 is 5.97 Å². The smallest absolute Gasteiger partial charge is 0.374 e. The van der Waals surface area contributed by atoms with Gasteiger partial charge < -0.3 is 18.6 Å². The van der Waals surface area contributed by atoms with Gasteiger partial charge in [0.05, 0.1) is 12.9 Å². The molecular formula is C12H16O5. The van der Waals surface area contributed by atoms with E-state index in [1.54, 1.807) is 13.0 Å². The summed E-state index contributed by atoms with van der Waals surface area (Å²) in [6, 6.07) is 1.72. The van der Waals surface area contributed by atoms with E-state index in [1.807, 2.05) is 13.8 Å². The van der Waals surface area contributed by atoms with Gasteiger partial charge in [-0.1, -0.05) is 0 Å². The monoisotopic (exact) mass is 240 g/mol. The second-order valence-electron chi connectivity index (χ2n) is 4.48. The Kier molecular flexibility index (Phi) is 3.22. The fraction of sp³-hybridized carbons (Fsp3) is 0.583. The molecule has 0 saturated carbocycles. The number of hydrogen-bond acceptors (Lipinski definition) is 5. The molecule has 1 aromatic rings. The van der Waals surface area contributed by atoms with Crippen LogP contribution in [0.1, 0.15) is 30.0 Å². The molecule has 1 aromatic heterocycles. The van der Waals surface area contributed by atoms with Crippen molar-refractivity contribution in [3.05, 3.63) is 23.7 Å². The first-order valence-electron chi connectivity index (χ1n) is 5.51. The standard InChI is InChI=1S/C12H16O5/c1-8-4-5-14-10(8)11(13)15-6-9-7-16-12(2,3)17-9/h4-5,9H,6-7H2,1-3H3/t9-/m1/s1. The lowest BCUT2D eigenvalue weighted by Gasteiger charge is -2.16. The molecule has 0 amide bonds. The van der Waals surface area contributed by atoms with Gasteiger partial charge in [-0.25, -0.2) is 4.79 Å². The summed E-state index contributed by atoms with van der Waals surface area (Å²) < 4.78 is 21.0. The highest BCUT2D eigenvalue weighted by atomic mass is 16.7. The van der Waals surface area contributed by atoms with Gasteiger partial charge in [0.2, 0.25) is 5.76 Å². The van der Waals surface area contributed by atoms with Crippen molar-refractivity contribution in [2.24, 2.45) is 0 Å². The van der Waals surface area contributed by atoms with Crippen LogP contribution < -0.4 is 0 Å². The van der Waals surface area contributed by atoms with E-state index < -0.39 is 11.8 Å². The molecule has 5 heteroatoms. The van der Waals surface area contributed by atoms with Gasteiger partial charge in [-0.15, -0.1) is 0 Å². The minimum Gasteiger partial charge on any atom is -0.457 e. The average molecular weight is 240 g/mol. The highest BCUT2D eigenvalue weighted by Gasteiger charge is 2.33. The van der Waals surface area contributed by atoms with Crippen molar-refractivity contribution in [3.63, 3.8) is 0 Å². The van der Waals surface area contributed by atoms with Gasteiger partial charge >= 0.3 is 5.97 Å². The Labute approximate surface area is 99.6 Å². The zero-order chi connectivity index (χ0) is 12.5. The zero-order valence-corrected chi connectivity index (χ0v) is 10.2. The van der Waals surface area contributed by atoms with Crippen molar-refractivity contribution in [2.45, 2.75) is 32.7 Å². The lowest BCUT2D eigenvalue weighted by atomic mass is 10.3. The molecule has 0 spiro atoms. The first-order chi connectivity index (χ1) is 7.98. The number of furan rings is 1. The third-order valence-electron chi connectivity index (χ3n) is 2.52. The molecule has 17 heavy (non-hydrogen) atoms. The molecule has 5 nitrogen and oxygen atoms in total. The molecule has 1 aliphatic heterocycles.